The number of halogens is 1. The summed E-state index contributed by atoms with van der Waals surface area (Å²) >= 11 is 0. The molecule has 0 rings (SSSR count). The monoisotopic (exact) mass is 247 g/mol. The summed E-state index contributed by atoms with van der Waals surface area (Å²) in [5.74, 6) is 0. The maximum absolute atomic E-state index is 5.44. The molecule has 0 unspecified atom stereocenters. The van der Waals surface area contributed by atoms with E-state index in [0.717, 1.165) is 6.54 Å². The molecule has 0 aromatic rings. The van der Waals surface area contributed by atoms with E-state index in [1.807, 2.05) is 0 Å². The van der Waals surface area contributed by atoms with E-state index in [1.54, 1.807) is 0 Å². The average molecular weight is 248 g/mol. The molecule has 2 heteroatoms. The molecule has 0 saturated heterocycles. The van der Waals surface area contributed by atoms with Crippen molar-refractivity contribution in [3.05, 3.63) is 12.2 Å². The van der Waals surface area contributed by atoms with Gasteiger partial charge in [-0.15, -0.1) is 12.4 Å². The van der Waals surface area contributed by atoms with E-state index < -0.39 is 0 Å². The molecule has 0 aromatic carbocycles. The van der Waals surface area contributed by atoms with Crippen LogP contribution in [0.25, 0.3) is 0 Å². The number of unbranched alkanes of at least 4 members (excludes halogenated alkanes) is 8. The number of rotatable bonds is 11. The third-order valence-electron chi connectivity index (χ3n) is 2.73. The summed E-state index contributed by atoms with van der Waals surface area (Å²) < 4.78 is 0. The van der Waals surface area contributed by atoms with E-state index in [9.17, 15) is 0 Å². The third-order valence-corrected chi connectivity index (χ3v) is 2.73. The van der Waals surface area contributed by atoms with Crippen LogP contribution in [-0.4, -0.2) is 6.54 Å². The Morgan fingerprint density at radius 1 is 0.750 bits per heavy atom. The van der Waals surface area contributed by atoms with Crippen molar-refractivity contribution >= 4 is 12.4 Å². The van der Waals surface area contributed by atoms with Gasteiger partial charge in [-0.05, 0) is 32.2 Å². The van der Waals surface area contributed by atoms with Crippen molar-refractivity contribution in [1.82, 2.24) is 0 Å². The van der Waals surface area contributed by atoms with Gasteiger partial charge in [0.1, 0.15) is 0 Å². The van der Waals surface area contributed by atoms with Crippen LogP contribution in [0.5, 0.6) is 0 Å². The Balaban J connectivity index is 0. The zero-order chi connectivity index (χ0) is 11.2. The van der Waals surface area contributed by atoms with E-state index >= 15 is 0 Å². The fraction of sp³-hybridized carbons (Fsp3) is 0.857. The van der Waals surface area contributed by atoms with Crippen LogP contribution in [0, 0.1) is 0 Å². The molecule has 0 spiro atoms. The lowest BCUT2D eigenvalue weighted by atomic mass is 10.1. The van der Waals surface area contributed by atoms with Crippen molar-refractivity contribution in [3.63, 3.8) is 0 Å². The predicted octanol–water partition coefficient (Wildman–Crippen LogP) is 4.84. The Kier molecular flexibility index (Phi) is 19.9. The topological polar surface area (TPSA) is 26.0 Å². The highest BCUT2D eigenvalue weighted by Crippen LogP contribution is 2.09. The van der Waals surface area contributed by atoms with Gasteiger partial charge >= 0.3 is 0 Å². The van der Waals surface area contributed by atoms with Gasteiger partial charge in [0.05, 0.1) is 0 Å². The van der Waals surface area contributed by atoms with Gasteiger partial charge in [0.2, 0.25) is 0 Å². The summed E-state index contributed by atoms with van der Waals surface area (Å²) in [5, 5.41) is 0. The molecule has 0 aliphatic carbocycles. The highest BCUT2D eigenvalue weighted by molar-refractivity contribution is 5.85. The van der Waals surface area contributed by atoms with E-state index in [1.165, 1.54) is 64.2 Å². The summed E-state index contributed by atoms with van der Waals surface area (Å²) in [6.07, 6.45) is 18.0. The first-order valence-electron chi connectivity index (χ1n) is 6.77. The van der Waals surface area contributed by atoms with Crippen LogP contribution >= 0.6 is 12.4 Å². The predicted molar refractivity (Wildman–Crippen MR) is 77.3 cm³/mol. The largest absolute Gasteiger partial charge is 0.330 e. The van der Waals surface area contributed by atoms with Crippen LogP contribution in [0.15, 0.2) is 12.2 Å². The Labute approximate surface area is 108 Å². The van der Waals surface area contributed by atoms with E-state index in [0.29, 0.717) is 0 Å². The van der Waals surface area contributed by atoms with Gasteiger partial charge < -0.3 is 5.73 Å². The van der Waals surface area contributed by atoms with Crippen LogP contribution in [0.4, 0.5) is 0 Å². The lowest BCUT2D eigenvalue weighted by molar-refractivity contribution is 0.571. The Morgan fingerprint density at radius 2 is 1.25 bits per heavy atom. The van der Waals surface area contributed by atoms with Crippen LogP contribution < -0.4 is 5.73 Å². The quantitative estimate of drug-likeness (QED) is 0.410. The number of allylic oxidation sites excluding steroid dienone is 2. The van der Waals surface area contributed by atoms with Crippen molar-refractivity contribution in [2.24, 2.45) is 5.73 Å². The van der Waals surface area contributed by atoms with Crippen LogP contribution in [0.2, 0.25) is 0 Å². The summed E-state index contributed by atoms with van der Waals surface area (Å²) in [6, 6.07) is 0. The zero-order valence-electron chi connectivity index (χ0n) is 10.9. The SMILES string of the molecule is CCC=CCCCCCCCCCCN.Cl. The molecule has 0 radical (unpaired) electrons. The minimum Gasteiger partial charge on any atom is -0.330 e. The van der Waals surface area contributed by atoms with Gasteiger partial charge in [-0.2, -0.15) is 0 Å². The van der Waals surface area contributed by atoms with Gasteiger partial charge in [0, 0.05) is 0 Å². The van der Waals surface area contributed by atoms with Gasteiger partial charge in [-0.25, -0.2) is 0 Å². The Morgan fingerprint density at radius 3 is 1.75 bits per heavy atom. The first kappa shape index (κ1) is 18.4. The van der Waals surface area contributed by atoms with Gasteiger partial charge in [-0.3, -0.25) is 0 Å². The molecule has 1 nitrogen and oxygen atoms in total. The van der Waals surface area contributed by atoms with Crippen molar-refractivity contribution in [2.45, 2.75) is 71.1 Å². The zero-order valence-corrected chi connectivity index (χ0v) is 11.7. The maximum Gasteiger partial charge on any atom is -0.00773 e. The molecule has 16 heavy (non-hydrogen) atoms. The Bertz CT molecular complexity index is 135. The lowest BCUT2D eigenvalue weighted by Gasteiger charge is -2.00. The van der Waals surface area contributed by atoms with Gasteiger partial charge in [0.25, 0.3) is 0 Å². The molecular weight excluding hydrogens is 218 g/mol. The van der Waals surface area contributed by atoms with E-state index in [4.69, 9.17) is 5.73 Å². The van der Waals surface area contributed by atoms with E-state index in [-0.39, 0.29) is 12.4 Å². The number of hydrogen-bond donors (Lipinski definition) is 1. The first-order chi connectivity index (χ1) is 7.41. The normalized spacial score (nSPS) is 10.6. The number of nitrogens with two attached hydrogens (primary N) is 1. The van der Waals surface area contributed by atoms with E-state index in [2.05, 4.69) is 19.1 Å². The van der Waals surface area contributed by atoms with Crippen molar-refractivity contribution < 1.29 is 0 Å². The molecule has 98 valence electrons. The maximum atomic E-state index is 5.44. The molecule has 0 aromatic heterocycles. The molecule has 0 heterocycles. The molecule has 0 aliphatic heterocycles. The molecule has 0 aliphatic rings. The third kappa shape index (κ3) is 16.4. The summed E-state index contributed by atoms with van der Waals surface area (Å²) in [7, 11) is 0. The summed E-state index contributed by atoms with van der Waals surface area (Å²) in [6.45, 7) is 3.06. The smallest absolute Gasteiger partial charge is 0.00773 e. The summed E-state index contributed by atoms with van der Waals surface area (Å²) in [4.78, 5) is 0. The molecule has 0 bridgehead atoms. The second kappa shape index (κ2) is 17.4. The highest BCUT2D eigenvalue weighted by Gasteiger charge is 1.90. The Hall–Kier alpha value is -0.0100. The fourth-order valence-electron chi connectivity index (χ4n) is 1.75. The first-order valence-corrected chi connectivity index (χ1v) is 6.77. The highest BCUT2D eigenvalue weighted by atomic mass is 35.5. The molecule has 0 atom stereocenters. The average Bonchev–Trinajstić information content (AvgIpc) is 2.26. The van der Waals surface area contributed by atoms with Gasteiger partial charge in [-0.1, -0.05) is 57.6 Å². The molecule has 0 saturated carbocycles. The second-order valence-corrected chi connectivity index (χ2v) is 4.29. The van der Waals surface area contributed by atoms with Crippen LogP contribution in [0.1, 0.15) is 71.1 Å². The van der Waals surface area contributed by atoms with Crippen LogP contribution in [0.3, 0.4) is 0 Å². The van der Waals surface area contributed by atoms with Crippen LogP contribution in [-0.2, 0) is 0 Å². The molecule has 0 amide bonds. The fourth-order valence-corrected chi connectivity index (χ4v) is 1.75. The van der Waals surface area contributed by atoms with Crippen molar-refractivity contribution in [1.29, 1.82) is 0 Å². The van der Waals surface area contributed by atoms with Crippen molar-refractivity contribution in [3.8, 4) is 0 Å². The summed E-state index contributed by atoms with van der Waals surface area (Å²) in [5.41, 5.74) is 5.44. The van der Waals surface area contributed by atoms with Crippen molar-refractivity contribution in [2.75, 3.05) is 6.54 Å². The molecule has 2 N–H and O–H groups in total. The standard InChI is InChI=1S/C14H29N.ClH/c1-2-3-4-5-6-7-8-9-10-11-12-13-14-15;/h3-4H,2,5-15H2,1H3;1H. The minimum atomic E-state index is 0. The van der Waals surface area contributed by atoms with Gasteiger partial charge in [0.15, 0.2) is 0 Å². The number of hydrogen-bond acceptors (Lipinski definition) is 1. The lowest BCUT2D eigenvalue weighted by Crippen LogP contribution is -1.97. The minimum absolute atomic E-state index is 0. The molecular formula is C14H30ClN. The second-order valence-electron chi connectivity index (χ2n) is 4.29. The molecule has 0 fully saturated rings.